The van der Waals surface area contributed by atoms with Crippen molar-refractivity contribution >= 4 is 50.6 Å². The molecule has 2 aromatic carbocycles. The van der Waals surface area contributed by atoms with Gasteiger partial charge >= 0.3 is 0 Å². The van der Waals surface area contributed by atoms with Gasteiger partial charge in [0.1, 0.15) is 28.5 Å². The number of nitrogens with one attached hydrogen (secondary N) is 1. The number of benzene rings is 2. The number of ether oxygens (including phenoxy) is 2. The second-order valence-corrected chi connectivity index (χ2v) is 9.42. The Morgan fingerprint density at radius 1 is 1.12 bits per heavy atom. The topological polar surface area (TPSA) is 76.6 Å². The van der Waals surface area contributed by atoms with Crippen LogP contribution in [0.25, 0.3) is 10.2 Å². The molecule has 1 amide bonds. The number of hydrogen-bond acceptors (Lipinski definition) is 7. The molecule has 4 aromatic rings. The molecule has 0 atom stereocenters. The summed E-state index contributed by atoms with van der Waals surface area (Å²) in [5.74, 6) is 1.53. The summed E-state index contributed by atoms with van der Waals surface area (Å²) >= 11 is 7.63. The third-order valence-corrected chi connectivity index (χ3v) is 7.56. The van der Waals surface area contributed by atoms with Gasteiger partial charge in [0.25, 0.3) is 5.91 Å². The van der Waals surface area contributed by atoms with Gasteiger partial charge < -0.3 is 19.7 Å². The highest BCUT2D eigenvalue weighted by molar-refractivity contribution is 7.20. The van der Waals surface area contributed by atoms with Crippen molar-refractivity contribution in [3.63, 3.8) is 0 Å². The Labute approximate surface area is 206 Å². The molecule has 0 aliphatic carbocycles. The summed E-state index contributed by atoms with van der Waals surface area (Å²) in [5.41, 5.74) is 3.99. The summed E-state index contributed by atoms with van der Waals surface area (Å²) in [6, 6.07) is 11.8. The molecular weight excluding hydrogens is 472 g/mol. The fraction of sp³-hybridized carbons (Fsp3) is 0.240. The van der Waals surface area contributed by atoms with E-state index < -0.39 is 0 Å². The fourth-order valence-electron chi connectivity index (χ4n) is 4.32. The summed E-state index contributed by atoms with van der Waals surface area (Å²) < 4.78 is 10.7. The zero-order valence-corrected chi connectivity index (χ0v) is 20.6. The van der Waals surface area contributed by atoms with Crippen molar-refractivity contribution in [2.75, 3.05) is 31.0 Å². The Balaban J connectivity index is 1.49. The normalized spacial score (nSPS) is 13.0. The van der Waals surface area contributed by atoms with Gasteiger partial charge in [0, 0.05) is 19.2 Å². The van der Waals surface area contributed by atoms with Gasteiger partial charge in [-0.25, -0.2) is 9.97 Å². The number of carbonyl (C=O) groups is 1. The lowest BCUT2D eigenvalue weighted by Gasteiger charge is -2.30. The summed E-state index contributed by atoms with van der Waals surface area (Å²) in [6.45, 7) is 3.58. The van der Waals surface area contributed by atoms with Crippen molar-refractivity contribution in [2.24, 2.45) is 0 Å². The van der Waals surface area contributed by atoms with Crippen LogP contribution in [0.2, 0.25) is 5.02 Å². The zero-order chi connectivity index (χ0) is 23.8. The molecule has 0 bridgehead atoms. The third kappa shape index (κ3) is 3.93. The largest absolute Gasteiger partial charge is 0.495 e. The molecule has 7 nitrogen and oxygen atoms in total. The summed E-state index contributed by atoms with van der Waals surface area (Å²) in [6.07, 6.45) is 2.53. The van der Waals surface area contributed by atoms with E-state index in [9.17, 15) is 4.79 Å². The van der Waals surface area contributed by atoms with Gasteiger partial charge in [-0.05, 0) is 36.1 Å². The average molecular weight is 495 g/mol. The number of thiophene rings is 1. The standard InChI is InChI=1S/C25H23ClN4O3S/c1-14-21-23(30-9-8-15-6-4-5-7-16(15)12-30)27-13-28-25(21)34-22(14)24(31)29-18-10-17(26)19(32-2)11-20(18)33-3/h4-7,10-11,13H,8-9,12H2,1-3H3,(H,29,31). The van der Waals surface area contributed by atoms with Gasteiger partial charge in [-0.15, -0.1) is 11.3 Å². The smallest absolute Gasteiger partial charge is 0.266 e. The average Bonchev–Trinajstić information content (AvgIpc) is 3.20. The molecule has 0 spiro atoms. The van der Waals surface area contributed by atoms with Crippen LogP contribution in [-0.2, 0) is 13.0 Å². The number of hydrogen-bond donors (Lipinski definition) is 1. The van der Waals surface area contributed by atoms with Crippen LogP contribution in [-0.4, -0.2) is 36.6 Å². The number of fused-ring (bicyclic) bond motifs is 2. The summed E-state index contributed by atoms with van der Waals surface area (Å²) in [7, 11) is 3.06. The van der Waals surface area contributed by atoms with Gasteiger partial charge in [-0.2, -0.15) is 0 Å². The van der Waals surface area contributed by atoms with Crippen LogP contribution >= 0.6 is 22.9 Å². The van der Waals surface area contributed by atoms with Crippen molar-refractivity contribution in [3.8, 4) is 11.5 Å². The van der Waals surface area contributed by atoms with E-state index in [2.05, 4.69) is 44.5 Å². The molecule has 1 aliphatic heterocycles. The molecular formula is C25H23ClN4O3S. The monoisotopic (exact) mass is 494 g/mol. The SMILES string of the molecule is COc1cc(OC)c(NC(=O)c2sc3ncnc(N4CCc5ccccc5C4)c3c2C)cc1Cl. The van der Waals surface area contributed by atoms with Gasteiger partial charge in [-0.1, -0.05) is 35.9 Å². The minimum atomic E-state index is -0.255. The molecule has 0 saturated carbocycles. The van der Waals surface area contributed by atoms with E-state index >= 15 is 0 Å². The maximum absolute atomic E-state index is 13.3. The molecule has 0 radical (unpaired) electrons. The highest BCUT2D eigenvalue weighted by atomic mass is 35.5. The zero-order valence-electron chi connectivity index (χ0n) is 19.0. The molecule has 3 heterocycles. The molecule has 1 aliphatic rings. The van der Waals surface area contributed by atoms with Crippen LogP contribution in [0.1, 0.15) is 26.4 Å². The van der Waals surface area contributed by atoms with Crippen molar-refractivity contribution in [2.45, 2.75) is 19.9 Å². The lowest BCUT2D eigenvalue weighted by atomic mass is 9.99. The predicted molar refractivity (Wildman–Crippen MR) is 136 cm³/mol. The second kappa shape index (κ2) is 9.12. The number of anilines is 2. The Kier molecular flexibility index (Phi) is 6.02. The Bertz CT molecular complexity index is 1400. The molecule has 2 aromatic heterocycles. The number of rotatable bonds is 5. The van der Waals surface area contributed by atoms with Crippen molar-refractivity contribution in [1.29, 1.82) is 0 Å². The summed E-state index contributed by atoms with van der Waals surface area (Å²) in [4.78, 5) is 26.0. The lowest BCUT2D eigenvalue weighted by molar-refractivity contribution is 0.102. The minimum absolute atomic E-state index is 0.255. The molecule has 5 rings (SSSR count). The van der Waals surface area contributed by atoms with Crippen LogP contribution in [0.3, 0.4) is 0 Å². The number of methoxy groups -OCH3 is 2. The highest BCUT2D eigenvalue weighted by Crippen LogP contribution is 2.39. The Morgan fingerprint density at radius 2 is 1.88 bits per heavy atom. The van der Waals surface area contributed by atoms with Gasteiger partial charge in [0.05, 0.1) is 35.2 Å². The van der Waals surface area contributed by atoms with E-state index in [-0.39, 0.29) is 5.91 Å². The number of nitrogens with zero attached hydrogens (tertiary/aromatic N) is 3. The number of aryl methyl sites for hydroxylation is 1. The highest BCUT2D eigenvalue weighted by Gasteiger charge is 2.25. The molecule has 1 N–H and O–H groups in total. The number of amides is 1. The van der Waals surface area contributed by atoms with E-state index in [4.69, 9.17) is 21.1 Å². The summed E-state index contributed by atoms with van der Waals surface area (Å²) in [5, 5.41) is 4.22. The first-order chi connectivity index (χ1) is 16.5. The van der Waals surface area contributed by atoms with Crippen molar-refractivity contribution in [3.05, 3.63) is 69.3 Å². The Hall–Kier alpha value is -3.36. The minimum Gasteiger partial charge on any atom is -0.495 e. The molecule has 0 fully saturated rings. The number of aromatic nitrogens is 2. The molecule has 0 unspecified atom stereocenters. The number of carbonyl (C=O) groups excluding carboxylic acids is 1. The maximum Gasteiger partial charge on any atom is 0.266 e. The van der Waals surface area contributed by atoms with E-state index in [1.807, 2.05) is 6.92 Å². The third-order valence-electron chi connectivity index (χ3n) is 6.07. The number of halogens is 1. The van der Waals surface area contributed by atoms with Crippen LogP contribution in [0.4, 0.5) is 11.5 Å². The van der Waals surface area contributed by atoms with Gasteiger partial charge in [-0.3, -0.25) is 4.79 Å². The van der Waals surface area contributed by atoms with Crippen molar-refractivity contribution < 1.29 is 14.3 Å². The first-order valence-corrected chi connectivity index (χ1v) is 12.0. The lowest BCUT2D eigenvalue weighted by Crippen LogP contribution is -2.31. The van der Waals surface area contributed by atoms with E-state index in [0.29, 0.717) is 27.1 Å². The van der Waals surface area contributed by atoms with Gasteiger partial charge in [0.2, 0.25) is 0 Å². The van der Waals surface area contributed by atoms with Gasteiger partial charge in [0.15, 0.2) is 0 Å². The van der Waals surface area contributed by atoms with Crippen LogP contribution in [0, 0.1) is 6.92 Å². The van der Waals surface area contributed by atoms with Crippen LogP contribution in [0.15, 0.2) is 42.7 Å². The predicted octanol–water partition coefficient (Wildman–Crippen LogP) is 5.49. The first kappa shape index (κ1) is 22.4. The quantitative estimate of drug-likeness (QED) is 0.395. The van der Waals surface area contributed by atoms with Crippen LogP contribution in [0.5, 0.6) is 11.5 Å². The first-order valence-electron chi connectivity index (χ1n) is 10.8. The molecule has 0 saturated heterocycles. The molecule has 174 valence electrons. The fourth-order valence-corrected chi connectivity index (χ4v) is 5.60. The Morgan fingerprint density at radius 3 is 2.65 bits per heavy atom. The molecule has 34 heavy (non-hydrogen) atoms. The molecule has 9 heteroatoms. The van der Waals surface area contributed by atoms with E-state index in [1.54, 1.807) is 18.5 Å². The second-order valence-electron chi connectivity index (χ2n) is 8.02. The van der Waals surface area contributed by atoms with Crippen LogP contribution < -0.4 is 19.7 Å². The van der Waals surface area contributed by atoms with E-state index in [0.717, 1.165) is 41.1 Å². The van der Waals surface area contributed by atoms with E-state index in [1.165, 1.54) is 36.7 Å². The maximum atomic E-state index is 13.3. The van der Waals surface area contributed by atoms with Crippen molar-refractivity contribution in [1.82, 2.24) is 9.97 Å².